The van der Waals surface area contributed by atoms with E-state index >= 15 is 0 Å². The lowest BCUT2D eigenvalue weighted by atomic mass is 9.56. The largest absolute Gasteiger partial charge is 0.465 e. The van der Waals surface area contributed by atoms with E-state index in [1.54, 1.807) is 0 Å². The molecule has 1 aliphatic rings. The van der Waals surface area contributed by atoms with Crippen LogP contribution in [-0.2, 0) is 20.5 Å². The van der Waals surface area contributed by atoms with E-state index in [9.17, 15) is 38.0 Å². The van der Waals surface area contributed by atoms with E-state index in [1.165, 1.54) is 13.8 Å². The third-order valence-electron chi connectivity index (χ3n) is 5.60. The summed E-state index contributed by atoms with van der Waals surface area (Å²) in [5.74, 6) is -3.19. The summed E-state index contributed by atoms with van der Waals surface area (Å²) in [6.07, 6.45) is -5.09. The van der Waals surface area contributed by atoms with Gasteiger partial charge in [0.05, 0.1) is 18.1 Å². The molecule has 0 bridgehead atoms. The Labute approximate surface area is 165 Å². The van der Waals surface area contributed by atoms with Crippen molar-refractivity contribution in [1.82, 2.24) is 0 Å². The molecule has 1 aliphatic carbocycles. The van der Waals surface area contributed by atoms with Crippen LogP contribution in [0.5, 0.6) is 0 Å². The predicted octanol–water partition coefficient (Wildman–Crippen LogP) is 3.12. The highest BCUT2D eigenvalue weighted by Gasteiger charge is 2.66. The first-order valence-electron chi connectivity index (χ1n) is 9.00. The summed E-state index contributed by atoms with van der Waals surface area (Å²) in [7, 11) is 0. The van der Waals surface area contributed by atoms with Crippen molar-refractivity contribution in [2.45, 2.75) is 57.3 Å². The van der Waals surface area contributed by atoms with Gasteiger partial charge in [0.15, 0.2) is 0 Å². The molecule has 160 valence electrons. The van der Waals surface area contributed by atoms with E-state index in [-0.39, 0.29) is 25.0 Å². The van der Waals surface area contributed by atoms with Gasteiger partial charge in [-0.15, -0.1) is 0 Å². The SMILES string of the molecule is CCOC(=O)[C@]1(C(C)=O)CC[C@@](C)(O)[C@@H]([N+](=O)[O-])[C@@H]1c1ccc(C(F)(F)F)cc1. The summed E-state index contributed by atoms with van der Waals surface area (Å²) >= 11 is 0. The molecule has 0 saturated heterocycles. The second-order valence-corrected chi connectivity index (χ2v) is 7.43. The number of aliphatic hydroxyl groups is 1. The number of ether oxygens (including phenoxy) is 1. The Kier molecular flexibility index (Phi) is 6.08. The maximum absolute atomic E-state index is 12.9. The second-order valence-electron chi connectivity index (χ2n) is 7.43. The van der Waals surface area contributed by atoms with E-state index in [1.807, 2.05) is 0 Å². The molecule has 7 nitrogen and oxygen atoms in total. The molecule has 10 heteroatoms. The van der Waals surface area contributed by atoms with Crippen LogP contribution in [0.15, 0.2) is 24.3 Å². The minimum atomic E-state index is -4.63. The van der Waals surface area contributed by atoms with Crippen molar-refractivity contribution in [3.05, 3.63) is 45.5 Å². The Hall–Kier alpha value is -2.49. The fraction of sp³-hybridized carbons (Fsp3) is 0.579. The molecule has 1 saturated carbocycles. The quantitative estimate of drug-likeness (QED) is 0.341. The number of rotatable bonds is 5. The van der Waals surface area contributed by atoms with Gasteiger partial charge < -0.3 is 9.84 Å². The summed E-state index contributed by atoms with van der Waals surface area (Å²) in [6.45, 7) is 3.72. The van der Waals surface area contributed by atoms with Gasteiger partial charge in [-0.05, 0) is 51.3 Å². The van der Waals surface area contributed by atoms with Crippen molar-refractivity contribution in [2.24, 2.45) is 5.41 Å². The zero-order valence-corrected chi connectivity index (χ0v) is 16.2. The first-order chi connectivity index (χ1) is 13.3. The van der Waals surface area contributed by atoms with Crippen LogP contribution in [0, 0.1) is 15.5 Å². The third-order valence-corrected chi connectivity index (χ3v) is 5.60. The number of Topliss-reactive ketones (excluding diaryl/α,β-unsaturated/α-hetero) is 1. The molecule has 1 N–H and O–H groups in total. The summed E-state index contributed by atoms with van der Waals surface area (Å²) in [5, 5.41) is 22.5. The molecule has 0 amide bonds. The van der Waals surface area contributed by atoms with Gasteiger partial charge in [0.2, 0.25) is 6.04 Å². The van der Waals surface area contributed by atoms with E-state index in [2.05, 4.69) is 0 Å². The van der Waals surface area contributed by atoms with Crippen molar-refractivity contribution in [1.29, 1.82) is 0 Å². The summed E-state index contributed by atoms with van der Waals surface area (Å²) in [5.41, 5.74) is -4.88. The van der Waals surface area contributed by atoms with Crippen molar-refractivity contribution in [2.75, 3.05) is 6.61 Å². The third kappa shape index (κ3) is 3.98. The predicted molar refractivity (Wildman–Crippen MR) is 94.6 cm³/mol. The van der Waals surface area contributed by atoms with Crippen LogP contribution in [0.4, 0.5) is 13.2 Å². The topological polar surface area (TPSA) is 107 Å². The molecular formula is C19H22F3NO6. The highest BCUT2D eigenvalue weighted by Crippen LogP contribution is 2.53. The number of carbonyl (C=O) groups is 2. The van der Waals surface area contributed by atoms with Crippen LogP contribution in [0.2, 0.25) is 0 Å². The normalized spacial score (nSPS) is 29.9. The molecular weight excluding hydrogens is 395 g/mol. The van der Waals surface area contributed by atoms with E-state index in [0.717, 1.165) is 31.2 Å². The smallest absolute Gasteiger partial charge is 0.416 e. The van der Waals surface area contributed by atoms with Crippen molar-refractivity contribution >= 4 is 11.8 Å². The Morgan fingerprint density at radius 3 is 2.24 bits per heavy atom. The minimum Gasteiger partial charge on any atom is -0.465 e. The second kappa shape index (κ2) is 7.74. The lowest BCUT2D eigenvalue weighted by molar-refractivity contribution is -0.555. The van der Waals surface area contributed by atoms with Crippen molar-refractivity contribution in [3.8, 4) is 0 Å². The monoisotopic (exact) mass is 417 g/mol. The number of nitrogens with zero attached hydrogens (tertiary/aromatic N) is 1. The Bertz CT molecular complexity index is 805. The Morgan fingerprint density at radius 1 is 1.28 bits per heavy atom. The first-order valence-corrected chi connectivity index (χ1v) is 9.00. The number of hydrogen-bond donors (Lipinski definition) is 1. The molecule has 0 heterocycles. The highest BCUT2D eigenvalue weighted by atomic mass is 19.4. The number of nitro groups is 1. The van der Waals surface area contributed by atoms with E-state index < -0.39 is 51.4 Å². The molecule has 1 aromatic carbocycles. The maximum atomic E-state index is 12.9. The zero-order chi connectivity index (χ0) is 22.2. The number of alkyl halides is 3. The Morgan fingerprint density at radius 2 is 1.83 bits per heavy atom. The van der Waals surface area contributed by atoms with Crippen LogP contribution in [-0.4, -0.2) is 40.0 Å². The van der Waals surface area contributed by atoms with Crippen molar-refractivity contribution < 1.29 is 37.5 Å². The van der Waals surface area contributed by atoms with Crippen LogP contribution >= 0.6 is 0 Å². The van der Waals surface area contributed by atoms with Gasteiger partial charge in [-0.2, -0.15) is 13.2 Å². The highest BCUT2D eigenvalue weighted by molar-refractivity contribution is 6.04. The molecule has 1 fully saturated rings. The first kappa shape index (κ1) is 22.8. The summed E-state index contributed by atoms with van der Waals surface area (Å²) in [6, 6.07) is 1.66. The molecule has 2 rings (SSSR count). The molecule has 0 spiro atoms. The lowest BCUT2D eigenvalue weighted by Crippen LogP contribution is -2.61. The zero-order valence-electron chi connectivity index (χ0n) is 16.2. The van der Waals surface area contributed by atoms with Crippen LogP contribution < -0.4 is 0 Å². The number of esters is 1. The standard InChI is InChI=1S/C19H22F3NO6/c1-4-29-16(25)18(11(2)24)10-9-17(3,26)15(23(27)28)14(18)12-5-7-13(8-6-12)19(20,21)22/h5-8,14-15,26H,4,9-10H2,1-3H3/t14-,15-,17+,18-/m0/s1. The molecule has 0 radical (unpaired) electrons. The molecule has 4 atom stereocenters. The summed E-state index contributed by atoms with van der Waals surface area (Å²) in [4.78, 5) is 36.5. The van der Waals surface area contributed by atoms with Crippen molar-refractivity contribution in [3.63, 3.8) is 0 Å². The van der Waals surface area contributed by atoms with Crippen LogP contribution in [0.3, 0.4) is 0 Å². The molecule has 1 aromatic rings. The average molecular weight is 417 g/mol. The Balaban J connectivity index is 2.75. The van der Waals surface area contributed by atoms with Gasteiger partial charge in [-0.1, -0.05) is 12.1 Å². The number of halogens is 3. The van der Waals surface area contributed by atoms with Gasteiger partial charge in [0, 0.05) is 4.92 Å². The number of benzene rings is 1. The average Bonchev–Trinajstić information content (AvgIpc) is 2.59. The molecule has 0 unspecified atom stereocenters. The van der Waals surface area contributed by atoms with Gasteiger partial charge in [0.1, 0.15) is 16.8 Å². The molecule has 0 aromatic heterocycles. The maximum Gasteiger partial charge on any atom is 0.416 e. The van der Waals surface area contributed by atoms with E-state index in [4.69, 9.17) is 4.74 Å². The molecule has 29 heavy (non-hydrogen) atoms. The van der Waals surface area contributed by atoms with Gasteiger partial charge in [0.25, 0.3) is 0 Å². The minimum absolute atomic E-state index is 0.0251. The van der Waals surface area contributed by atoms with Gasteiger partial charge in [-0.25, -0.2) is 0 Å². The number of hydrogen-bond acceptors (Lipinski definition) is 6. The number of carbonyl (C=O) groups excluding carboxylic acids is 2. The fourth-order valence-corrected chi connectivity index (χ4v) is 4.10. The molecule has 0 aliphatic heterocycles. The van der Waals surface area contributed by atoms with Gasteiger partial charge in [-0.3, -0.25) is 19.7 Å². The van der Waals surface area contributed by atoms with Gasteiger partial charge >= 0.3 is 12.1 Å². The number of ketones is 1. The van der Waals surface area contributed by atoms with Crippen LogP contribution in [0.1, 0.15) is 50.7 Å². The van der Waals surface area contributed by atoms with Crippen LogP contribution in [0.25, 0.3) is 0 Å². The lowest BCUT2D eigenvalue weighted by Gasteiger charge is -2.46. The fourth-order valence-electron chi connectivity index (χ4n) is 4.10. The summed E-state index contributed by atoms with van der Waals surface area (Å²) < 4.78 is 43.8. The van der Waals surface area contributed by atoms with E-state index in [0.29, 0.717) is 0 Å².